The minimum Gasteiger partial charge on any atom is -0.478 e. The Morgan fingerprint density at radius 1 is 1.17 bits per heavy atom. The number of nitrogens with zero attached hydrogens (tertiary/aromatic N) is 2. The quantitative estimate of drug-likeness (QED) is 0.918. The molecule has 1 fully saturated rings. The van der Waals surface area contributed by atoms with Gasteiger partial charge >= 0.3 is 5.97 Å². The van der Waals surface area contributed by atoms with Gasteiger partial charge in [-0.2, -0.15) is 0 Å². The summed E-state index contributed by atoms with van der Waals surface area (Å²) >= 11 is 0. The second-order valence-corrected chi connectivity index (χ2v) is 6.06. The second kappa shape index (κ2) is 7.25. The molecule has 24 heavy (non-hydrogen) atoms. The van der Waals surface area contributed by atoms with Crippen LogP contribution in [0.4, 0.5) is 0 Å². The number of aromatic nitrogens is 1. The van der Waals surface area contributed by atoms with Gasteiger partial charge in [0.05, 0.1) is 5.56 Å². The summed E-state index contributed by atoms with van der Waals surface area (Å²) < 4.78 is 0. The molecule has 1 aromatic carbocycles. The van der Waals surface area contributed by atoms with Crippen LogP contribution < -0.4 is 0 Å². The lowest BCUT2D eigenvalue weighted by Gasteiger charge is -2.24. The average molecular weight is 324 g/mol. The molecule has 2 aromatic rings. The Hall–Kier alpha value is -2.69. The van der Waals surface area contributed by atoms with Gasteiger partial charge in [0, 0.05) is 18.8 Å². The van der Waals surface area contributed by atoms with Crippen LogP contribution in [0.5, 0.6) is 0 Å². The van der Waals surface area contributed by atoms with Crippen molar-refractivity contribution in [3.63, 3.8) is 0 Å². The summed E-state index contributed by atoms with van der Waals surface area (Å²) in [4.78, 5) is 29.4. The average Bonchev–Trinajstić information content (AvgIpc) is 3.09. The zero-order valence-corrected chi connectivity index (χ0v) is 13.4. The molecule has 0 radical (unpaired) electrons. The normalized spacial score (nSPS) is 17.0. The van der Waals surface area contributed by atoms with Crippen LogP contribution in [0.1, 0.15) is 45.7 Å². The first-order valence-corrected chi connectivity index (χ1v) is 8.19. The maximum atomic E-state index is 12.7. The molecule has 1 N–H and O–H groups in total. The van der Waals surface area contributed by atoms with Crippen molar-refractivity contribution in [2.45, 2.75) is 31.7 Å². The topological polar surface area (TPSA) is 70.5 Å². The Labute approximate surface area is 140 Å². The zero-order chi connectivity index (χ0) is 16.9. The van der Waals surface area contributed by atoms with E-state index in [0.29, 0.717) is 5.69 Å². The molecule has 0 saturated carbocycles. The zero-order valence-electron chi connectivity index (χ0n) is 13.4. The maximum absolute atomic E-state index is 12.7. The van der Waals surface area contributed by atoms with E-state index in [9.17, 15) is 9.59 Å². The van der Waals surface area contributed by atoms with Gasteiger partial charge in [0.25, 0.3) is 5.91 Å². The summed E-state index contributed by atoms with van der Waals surface area (Å²) in [6.07, 6.45) is 5.12. The third-order valence-corrected chi connectivity index (χ3v) is 4.48. The summed E-state index contributed by atoms with van der Waals surface area (Å²) in [5.41, 5.74) is 1.68. The fourth-order valence-electron chi connectivity index (χ4n) is 3.18. The molecule has 124 valence electrons. The second-order valence-electron chi connectivity index (χ2n) is 6.06. The van der Waals surface area contributed by atoms with Crippen molar-refractivity contribution in [2.24, 2.45) is 0 Å². The molecule has 5 nitrogen and oxygen atoms in total. The fraction of sp³-hybridized carbons (Fsp3) is 0.316. The largest absolute Gasteiger partial charge is 0.478 e. The monoisotopic (exact) mass is 324 g/mol. The minimum atomic E-state index is -1.04. The molecule has 2 heterocycles. The van der Waals surface area contributed by atoms with E-state index in [1.165, 1.54) is 23.9 Å². The van der Waals surface area contributed by atoms with Crippen molar-refractivity contribution in [2.75, 3.05) is 6.54 Å². The van der Waals surface area contributed by atoms with E-state index >= 15 is 0 Å². The lowest BCUT2D eigenvalue weighted by molar-refractivity contribution is 0.0689. The van der Waals surface area contributed by atoms with Crippen molar-refractivity contribution in [3.05, 3.63) is 65.5 Å². The number of aromatic carboxylic acids is 1. The number of carboxylic acids is 1. The van der Waals surface area contributed by atoms with Crippen LogP contribution in [0.15, 0.2) is 48.7 Å². The first kappa shape index (κ1) is 16.2. The van der Waals surface area contributed by atoms with Gasteiger partial charge in [-0.25, -0.2) is 4.79 Å². The fourth-order valence-corrected chi connectivity index (χ4v) is 3.18. The smallest absolute Gasteiger partial charge is 0.337 e. The van der Waals surface area contributed by atoms with Gasteiger partial charge in [-0.3, -0.25) is 9.78 Å². The molecule has 1 aliphatic rings. The van der Waals surface area contributed by atoms with Crippen molar-refractivity contribution < 1.29 is 14.7 Å². The van der Waals surface area contributed by atoms with E-state index in [2.05, 4.69) is 17.1 Å². The summed E-state index contributed by atoms with van der Waals surface area (Å²) in [5, 5.41) is 8.91. The summed E-state index contributed by atoms with van der Waals surface area (Å²) in [5.74, 6) is -1.15. The van der Waals surface area contributed by atoms with Crippen LogP contribution in [-0.4, -0.2) is 39.5 Å². The van der Waals surface area contributed by atoms with Gasteiger partial charge in [0.1, 0.15) is 5.69 Å². The molecule has 1 saturated heterocycles. The van der Waals surface area contributed by atoms with E-state index in [4.69, 9.17) is 5.11 Å². The molecule has 1 amide bonds. The highest BCUT2D eigenvalue weighted by molar-refractivity contribution is 5.94. The Morgan fingerprint density at radius 3 is 2.62 bits per heavy atom. The SMILES string of the molecule is O=C(O)c1ccc(C(=O)N2CCC[C@H]2CCc2ccccc2)nc1. The predicted octanol–water partition coefficient (Wildman–Crippen LogP) is 3.02. The molecule has 0 aliphatic carbocycles. The lowest BCUT2D eigenvalue weighted by Crippen LogP contribution is -2.36. The van der Waals surface area contributed by atoms with E-state index in [1.54, 1.807) is 0 Å². The maximum Gasteiger partial charge on any atom is 0.337 e. The molecular weight excluding hydrogens is 304 g/mol. The van der Waals surface area contributed by atoms with Crippen molar-refractivity contribution in [1.29, 1.82) is 0 Å². The van der Waals surface area contributed by atoms with E-state index in [-0.39, 0.29) is 17.5 Å². The highest BCUT2D eigenvalue weighted by atomic mass is 16.4. The Balaban J connectivity index is 1.65. The van der Waals surface area contributed by atoms with Crippen LogP contribution in [-0.2, 0) is 6.42 Å². The number of amides is 1. The first-order valence-electron chi connectivity index (χ1n) is 8.19. The summed E-state index contributed by atoms with van der Waals surface area (Å²) in [6, 6.07) is 13.4. The number of rotatable bonds is 5. The molecule has 0 spiro atoms. The Kier molecular flexibility index (Phi) is 4.89. The molecule has 5 heteroatoms. The van der Waals surface area contributed by atoms with Crippen LogP contribution in [0.2, 0.25) is 0 Å². The predicted molar refractivity (Wildman–Crippen MR) is 90.0 cm³/mol. The number of aryl methyl sites for hydroxylation is 1. The molecule has 0 unspecified atom stereocenters. The highest BCUT2D eigenvalue weighted by Gasteiger charge is 2.29. The minimum absolute atomic E-state index is 0.0913. The first-order chi connectivity index (χ1) is 11.6. The van der Waals surface area contributed by atoms with Crippen LogP contribution >= 0.6 is 0 Å². The summed E-state index contributed by atoms with van der Waals surface area (Å²) in [7, 11) is 0. The van der Waals surface area contributed by atoms with Crippen molar-refractivity contribution in [1.82, 2.24) is 9.88 Å². The molecule has 1 aliphatic heterocycles. The lowest BCUT2D eigenvalue weighted by atomic mass is 10.0. The van der Waals surface area contributed by atoms with Gasteiger partial charge in [-0.05, 0) is 43.4 Å². The Bertz CT molecular complexity index is 713. The highest BCUT2D eigenvalue weighted by Crippen LogP contribution is 2.23. The number of pyridine rings is 1. The van der Waals surface area contributed by atoms with Gasteiger partial charge in [-0.15, -0.1) is 0 Å². The molecular formula is C19H20N2O3. The van der Waals surface area contributed by atoms with Gasteiger partial charge in [0.15, 0.2) is 0 Å². The molecule has 3 rings (SSSR count). The number of likely N-dealkylation sites (tertiary alicyclic amines) is 1. The number of hydrogen-bond donors (Lipinski definition) is 1. The third-order valence-electron chi connectivity index (χ3n) is 4.48. The molecule has 1 atom stereocenters. The van der Waals surface area contributed by atoms with Crippen molar-refractivity contribution >= 4 is 11.9 Å². The van der Waals surface area contributed by atoms with Gasteiger partial charge in [0.2, 0.25) is 0 Å². The van der Waals surface area contributed by atoms with Crippen LogP contribution in [0.3, 0.4) is 0 Å². The molecule has 0 bridgehead atoms. The number of carbonyl (C=O) groups excluding carboxylic acids is 1. The van der Waals surface area contributed by atoms with Gasteiger partial charge < -0.3 is 10.0 Å². The molecule has 1 aromatic heterocycles. The number of carbonyl (C=O) groups is 2. The van der Waals surface area contributed by atoms with E-state index in [0.717, 1.165) is 32.2 Å². The number of benzene rings is 1. The van der Waals surface area contributed by atoms with E-state index in [1.807, 2.05) is 23.1 Å². The summed E-state index contributed by atoms with van der Waals surface area (Å²) in [6.45, 7) is 0.737. The van der Waals surface area contributed by atoms with Gasteiger partial charge in [-0.1, -0.05) is 30.3 Å². The standard InChI is InChI=1S/C19H20N2O3/c22-18(17-11-9-15(13-20-17)19(23)24)21-12-4-7-16(21)10-8-14-5-2-1-3-6-14/h1-3,5-6,9,11,13,16H,4,7-8,10,12H2,(H,23,24)/t16-/m0/s1. The number of hydrogen-bond acceptors (Lipinski definition) is 3. The van der Waals surface area contributed by atoms with E-state index < -0.39 is 5.97 Å². The van der Waals surface area contributed by atoms with Crippen molar-refractivity contribution in [3.8, 4) is 0 Å². The Morgan fingerprint density at radius 2 is 1.96 bits per heavy atom. The van der Waals surface area contributed by atoms with Crippen LogP contribution in [0, 0.1) is 0 Å². The number of carboxylic acid groups (broad SMARTS) is 1. The third kappa shape index (κ3) is 3.62. The van der Waals surface area contributed by atoms with Crippen LogP contribution in [0.25, 0.3) is 0 Å².